The Morgan fingerprint density at radius 2 is 1.71 bits per heavy atom. The number of ether oxygens (including phenoxy) is 1. The predicted octanol–water partition coefficient (Wildman–Crippen LogP) is 4.85. The molecule has 0 unspecified atom stereocenters. The lowest BCUT2D eigenvalue weighted by Crippen LogP contribution is -2.16. The van der Waals surface area contributed by atoms with Crippen molar-refractivity contribution in [1.82, 2.24) is 9.97 Å². The van der Waals surface area contributed by atoms with E-state index in [0.717, 1.165) is 18.2 Å². The lowest BCUT2D eigenvalue weighted by atomic mass is 10.1. The van der Waals surface area contributed by atoms with Crippen LogP contribution in [0.4, 0.5) is 32.0 Å². The second kappa shape index (κ2) is 8.13. The lowest BCUT2D eigenvalue weighted by molar-refractivity contribution is -0.141. The fourth-order valence-corrected chi connectivity index (χ4v) is 2.43. The zero-order valence-corrected chi connectivity index (χ0v) is 15.1. The zero-order chi connectivity index (χ0) is 22.8. The first-order chi connectivity index (χ1) is 14.4. The number of aromatic nitrogens is 2. The fraction of sp³-hybridized carbons (Fsp3) is 0.105. The van der Waals surface area contributed by atoms with Crippen molar-refractivity contribution in [3.63, 3.8) is 0 Å². The van der Waals surface area contributed by atoms with Crippen molar-refractivity contribution in [3.8, 4) is 11.5 Å². The molecule has 0 atom stereocenters. The van der Waals surface area contributed by atoms with Crippen LogP contribution in [0, 0.1) is 0 Å². The van der Waals surface area contributed by atoms with E-state index in [1.54, 1.807) is 0 Å². The minimum Gasteiger partial charge on any atom is -0.455 e. The molecule has 0 aliphatic heterocycles. The number of aromatic amines is 1. The number of pyridine rings is 2. The molecule has 1 amide bonds. The van der Waals surface area contributed by atoms with Gasteiger partial charge in [0, 0.05) is 18.0 Å². The molecule has 0 saturated carbocycles. The van der Waals surface area contributed by atoms with Crippen LogP contribution in [0.25, 0.3) is 0 Å². The SMILES string of the molecule is O=C(Nc1cc[nH]c(=O)c1)c1ccc(C(F)(F)F)cc1Oc1ccc(C(F)(F)F)nc1. The number of nitrogens with zero attached hydrogens (tertiary/aromatic N) is 1. The number of halogens is 6. The number of rotatable bonds is 4. The van der Waals surface area contributed by atoms with Crippen LogP contribution in [0.5, 0.6) is 11.5 Å². The second-order valence-corrected chi connectivity index (χ2v) is 6.08. The Balaban J connectivity index is 1.96. The van der Waals surface area contributed by atoms with Crippen molar-refractivity contribution in [2.24, 2.45) is 0 Å². The number of benzene rings is 1. The maximum absolute atomic E-state index is 13.1. The van der Waals surface area contributed by atoms with Gasteiger partial charge in [0.1, 0.15) is 17.2 Å². The van der Waals surface area contributed by atoms with Crippen molar-refractivity contribution in [1.29, 1.82) is 0 Å². The van der Waals surface area contributed by atoms with Crippen LogP contribution in [-0.2, 0) is 12.4 Å². The van der Waals surface area contributed by atoms with Gasteiger partial charge in [0.25, 0.3) is 5.91 Å². The van der Waals surface area contributed by atoms with Gasteiger partial charge in [-0.3, -0.25) is 9.59 Å². The molecule has 3 rings (SSSR count). The largest absolute Gasteiger partial charge is 0.455 e. The number of hydrogen-bond acceptors (Lipinski definition) is 4. The first kappa shape index (κ1) is 21.9. The molecule has 6 nitrogen and oxygen atoms in total. The first-order valence-corrected chi connectivity index (χ1v) is 8.36. The van der Waals surface area contributed by atoms with E-state index in [1.807, 2.05) is 0 Å². The summed E-state index contributed by atoms with van der Waals surface area (Å²) in [5.74, 6) is -1.80. The third kappa shape index (κ3) is 5.41. The summed E-state index contributed by atoms with van der Waals surface area (Å²) in [6.45, 7) is 0. The molecule has 3 aromatic rings. The van der Waals surface area contributed by atoms with Gasteiger partial charge in [-0.25, -0.2) is 4.98 Å². The van der Waals surface area contributed by atoms with E-state index in [2.05, 4.69) is 15.3 Å². The predicted molar refractivity (Wildman–Crippen MR) is 95.8 cm³/mol. The molecule has 0 saturated heterocycles. The summed E-state index contributed by atoms with van der Waals surface area (Å²) in [5.41, 5.74) is -3.19. The highest BCUT2D eigenvalue weighted by atomic mass is 19.4. The van der Waals surface area contributed by atoms with E-state index in [-0.39, 0.29) is 17.0 Å². The van der Waals surface area contributed by atoms with Gasteiger partial charge in [-0.15, -0.1) is 0 Å². The number of H-pyrrole nitrogens is 1. The summed E-state index contributed by atoms with van der Waals surface area (Å²) < 4.78 is 82.4. The number of hydrogen-bond donors (Lipinski definition) is 2. The molecule has 0 spiro atoms. The highest BCUT2D eigenvalue weighted by molar-refractivity contribution is 6.06. The molecule has 162 valence electrons. The van der Waals surface area contributed by atoms with Crippen LogP contribution in [0.1, 0.15) is 21.6 Å². The van der Waals surface area contributed by atoms with Gasteiger partial charge in [-0.1, -0.05) is 0 Å². The van der Waals surface area contributed by atoms with Gasteiger partial charge in [-0.2, -0.15) is 26.3 Å². The van der Waals surface area contributed by atoms with E-state index >= 15 is 0 Å². The first-order valence-electron chi connectivity index (χ1n) is 8.36. The molecule has 2 aromatic heterocycles. The van der Waals surface area contributed by atoms with Gasteiger partial charge < -0.3 is 15.0 Å². The summed E-state index contributed by atoms with van der Waals surface area (Å²) >= 11 is 0. The molecule has 0 aliphatic rings. The molecule has 0 bridgehead atoms. The number of carbonyl (C=O) groups is 1. The minimum absolute atomic E-state index is 0.0656. The highest BCUT2D eigenvalue weighted by Crippen LogP contribution is 2.35. The van der Waals surface area contributed by atoms with Crippen LogP contribution in [0.2, 0.25) is 0 Å². The zero-order valence-electron chi connectivity index (χ0n) is 15.1. The number of nitrogens with one attached hydrogen (secondary N) is 2. The normalized spacial score (nSPS) is 11.8. The van der Waals surface area contributed by atoms with Gasteiger partial charge in [0.15, 0.2) is 0 Å². The summed E-state index contributed by atoms with van der Waals surface area (Å²) in [4.78, 5) is 29.3. The maximum Gasteiger partial charge on any atom is 0.433 e. The van der Waals surface area contributed by atoms with Gasteiger partial charge in [0.05, 0.1) is 17.3 Å². The number of alkyl halides is 6. The monoisotopic (exact) mass is 443 g/mol. The number of amides is 1. The Bertz CT molecular complexity index is 1150. The molecule has 31 heavy (non-hydrogen) atoms. The molecule has 12 heteroatoms. The smallest absolute Gasteiger partial charge is 0.433 e. The Kier molecular flexibility index (Phi) is 5.73. The standard InChI is InChI=1S/C19H11F6N3O3/c20-18(21,22)10-1-3-13(17(30)28-11-5-6-26-16(29)8-11)14(7-10)31-12-2-4-15(27-9-12)19(23,24)25/h1-9H,(H2,26,28,29,30). The minimum atomic E-state index is -4.77. The summed E-state index contributed by atoms with van der Waals surface area (Å²) in [6, 6.07) is 5.84. The lowest BCUT2D eigenvalue weighted by Gasteiger charge is -2.15. The third-order valence-electron chi connectivity index (χ3n) is 3.84. The molecule has 2 heterocycles. The summed E-state index contributed by atoms with van der Waals surface area (Å²) in [7, 11) is 0. The van der Waals surface area contributed by atoms with Crippen molar-refractivity contribution in [2.45, 2.75) is 12.4 Å². The van der Waals surface area contributed by atoms with Crippen LogP contribution >= 0.6 is 0 Å². The number of carbonyl (C=O) groups excluding carboxylic acids is 1. The average Bonchev–Trinajstić information content (AvgIpc) is 2.67. The Labute approximate surface area is 169 Å². The van der Waals surface area contributed by atoms with E-state index in [9.17, 15) is 35.9 Å². The molecular formula is C19H11F6N3O3. The quantitative estimate of drug-likeness (QED) is 0.565. The molecular weight excluding hydrogens is 432 g/mol. The van der Waals surface area contributed by atoms with Crippen molar-refractivity contribution >= 4 is 11.6 Å². The fourth-order valence-electron chi connectivity index (χ4n) is 2.43. The molecule has 2 N–H and O–H groups in total. The van der Waals surface area contributed by atoms with Gasteiger partial charge in [-0.05, 0) is 36.4 Å². The third-order valence-corrected chi connectivity index (χ3v) is 3.84. The Morgan fingerprint density at radius 3 is 2.29 bits per heavy atom. The maximum atomic E-state index is 13.1. The van der Waals surface area contributed by atoms with Gasteiger partial charge in [0.2, 0.25) is 5.56 Å². The highest BCUT2D eigenvalue weighted by Gasteiger charge is 2.33. The van der Waals surface area contributed by atoms with E-state index in [1.165, 1.54) is 12.3 Å². The molecule has 0 radical (unpaired) electrons. The summed E-state index contributed by atoms with van der Waals surface area (Å²) in [5, 5.41) is 2.33. The van der Waals surface area contributed by atoms with Gasteiger partial charge >= 0.3 is 12.4 Å². The molecule has 0 aliphatic carbocycles. The van der Waals surface area contributed by atoms with Crippen molar-refractivity contribution < 1.29 is 35.9 Å². The molecule has 1 aromatic carbocycles. The Morgan fingerprint density at radius 1 is 0.968 bits per heavy atom. The van der Waals surface area contributed by atoms with Crippen LogP contribution in [-0.4, -0.2) is 15.9 Å². The van der Waals surface area contributed by atoms with Crippen LogP contribution in [0.15, 0.2) is 59.7 Å². The van der Waals surface area contributed by atoms with Crippen LogP contribution < -0.4 is 15.6 Å². The Hall–Kier alpha value is -3.83. The topological polar surface area (TPSA) is 84.1 Å². The van der Waals surface area contributed by atoms with E-state index < -0.39 is 40.8 Å². The van der Waals surface area contributed by atoms with Crippen LogP contribution in [0.3, 0.4) is 0 Å². The van der Waals surface area contributed by atoms with Crippen molar-refractivity contribution in [2.75, 3.05) is 5.32 Å². The number of anilines is 1. The van der Waals surface area contributed by atoms with E-state index in [4.69, 9.17) is 4.74 Å². The second-order valence-electron chi connectivity index (χ2n) is 6.08. The van der Waals surface area contributed by atoms with E-state index in [0.29, 0.717) is 24.4 Å². The molecule has 0 fully saturated rings. The van der Waals surface area contributed by atoms with Crippen molar-refractivity contribution in [3.05, 3.63) is 82.0 Å². The summed E-state index contributed by atoms with van der Waals surface area (Å²) in [6.07, 6.45) is -7.57. The average molecular weight is 443 g/mol.